The van der Waals surface area contributed by atoms with Gasteiger partial charge in [0.2, 0.25) is 5.91 Å². The van der Waals surface area contributed by atoms with Crippen molar-refractivity contribution >= 4 is 5.91 Å². The van der Waals surface area contributed by atoms with Crippen LogP contribution in [0.25, 0.3) is 0 Å². The maximum atomic E-state index is 11.2. The van der Waals surface area contributed by atoms with E-state index in [0.29, 0.717) is 19.7 Å². The molecule has 0 unspecified atom stereocenters. The Balaban J connectivity index is 3.11. The molecule has 0 spiro atoms. The van der Waals surface area contributed by atoms with Gasteiger partial charge >= 0.3 is 0 Å². The van der Waals surface area contributed by atoms with Crippen LogP contribution in [0.1, 0.15) is 12.8 Å². The smallest absolute Gasteiger partial charge is 0.233 e. The zero-order chi connectivity index (χ0) is 11.4. The van der Waals surface area contributed by atoms with Crippen LogP contribution in [0.15, 0.2) is 0 Å². The number of carbonyl (C=O) groups excluding carboxylic acids is 1. The highest BCUT2D eigenvalue weighted by atomic mass is 16.5. The van der Waals surface area contributed by atoms with Gasteiger partial charge in [0.05, 0.1) is 6.54 Å². The Bertz CT molecular complexity index is 154. The second-order valence-corrected chi connectivity index (χ2v) is 3.22. The van der Waals surface area contributed by atoms with Crippen LogP contribution in [-0.2, 0) is 14.3 Å². The number of amides is 1. The number of ether oxygens (including phenoxy) is 2. The quantitative estimate of drug-likeness (QED) is 0.497. The van der Waals surface area contributed by atoms with Gasteiger partial charge in [-0.25, -0.2) is 0 Å². The maximum Gasteiger partial charge on any atom is 0.233 e. The molecule has 0 aliphatic carbocycles. The minimum atomic E-state index is 0.0310. The summed E-state index contributed by atoms with van der Waals surface area (Å²) in [6.45, 7) is 3.26. The van der Waals surface area contributed by atoms with E-state index in [4.69, 9.17) is 9.47 Å². The van der Waals surface area contributed by atoms with Crippen molar-refractivity contribution < 1.29 is 14.3 Å². The summed E-state index contributed by atoms with van der Waals surface area (Å²) in [7, 11) is 3.32. The van der Waals surface area contributed by atoms with Crippen molar-refractivity contribution in [1.29, 1.82) is 0 Å². The van der Waals surface area contributed by atoms with Gasteiger partial charge in [0.25, 0.3) is 0 Å². The summed E-state index contributed by atoms with van der Waals surface area (Å²) in [6.07, 6.45) is 1.78. The lowest BCUT2D eigenvalue weighted by atomic mass is 10.4. The SMILES string of the molecule is COCCCNCC(=O)NCCCOC. The Hall–Kier alpha value is -0.650. The van der Waals surface area contributed by atoms with E-state index in [9.17, 15) is 4.79 Å². The van der Waals surface area contributed by atoms with Gasteiger partial charge in [-0.3, -0.25) is 4.79 Å². The first-order valence-corrected chi connectivity index (χ1v) is 5.26. The van der Waals surface area contributed by atoms with Crippen molar-refractivity contribution in [3.63, 3.8) is 0 Å². The van der Waals surface area contributed by atoms with E-state index >= 15 is 0 Å². The highest BCUT2D eigenvalue weighted by Gasteiger charge is 1.98. The summed E-state index contributed by atoms with van der Waals surface area (Å²) < 4.78 is 9.75. The Morgan fingerprint density at radius 3 is 2.27 bits per heavy atom. The normalized spacial score (nSPS) is 10.3. The van der Waals surface area contributed by atoms with Crippen LogP contribution < -0.4 is 10.6 Å². The standard InChI is InChI=1S/C10H22N2O3/c1-14-7-3-5-11-9-10(13)12-6-4-8-15-2/h11H,3-9H2,1-2H3,(H,12,13). The Kier molecular flexibility index (Phi) is 10.9. The van der Waals surface area contributed by atoms with Crippen LogP contribution in [0.2, 0.25) is 0 Å². The minimum absolute atomic E-state index is 0.0310. The molecule has 0 aromatic carbocycles. The summed E-state index contributed by atoms with van der Waals surface area (Å²) in [4.78, 5) is 11.2. The summed E-state index contributed by atoms with van der Waals surface area (Å²) >= 11 is 0. The van der Waals surface area contributed by atoms with Gasteiger partial charge in [-0.1, -0.05) is 0 Å². The van der Waals surface area contributed by atoms with Crippen molar-refractivity contribution in [1.82, 2.24) is 10.6 Å². The van der Waals surface area contributed by atoms with E-state index < -0.39 is 0 Å². The molecule has 0 aromatic heterocycles. The first-order chi connectivity index (χ1) is 7.31. The molecule has 15 heavy (non-hydrogen) atoms. The maximum absolute atomic E-state index is 11.2. The Labute approximate surface area is 91.5 Å². The van der Waals surface area contributed by atoms with Crippen LogP contribution in [0.3, 0.4) is 0 Å². The van der Waals surface area contributed by atoms with Gasteiger partial charge in [0.1, 0.15) is 0 Å². The molecule has 1 amide bonds. The van der Waals surface area contributed by atoms with Crippen molar-refractivity contribution in [2.75, 3.05) is 47.1 Å². The van der Waals surface area contributed by atoms with Crippen LogP contribution in [0.5, 0.6) is 0 Å². The molecule has 0 rings (SSSR count). The van der Waals surface area contributed by atoms with E-state index in [1.54, 1.807) is 14.2 Å². The molecule has 0 saturated carbocycles. The van der Waals surface area contributed by atoms with Gasteiger partial charge in [-0.15, -0.1) is 0 Å². The number of nitrogens with one attached hydrogen (secondary N) is 2. The molecule has 0 aliphatic heterocycles. The molecule has 0 saturated heterocycles. The first kappa shape index (κ1) is 14.3. The molecule has 0 heterocycles. The van der Waals surface area contributed by atoms with Crippen LogP contribution in [0.4, 0.5) is 0 Å². The van der Waals surface area contributed by atoms with E-state index in [-0.39, 0.29) is 5.91 Å². The third-order valence-corrected chi connectivity index (χ3v) is 1.83. The van der Waals surface area contributed by atoms with E-state index in [0.717, 1.165) is 26.0 Å². The molecule has 0 radical (unpaired) electrons. The zero-order valence-corrected chi connectivity index (χ0v) is 9.67. The molecule has 0 aromatic rings. The van der Waals surface area contributed by atoms with Crippen molar-refractivity contribution in [2.24, 2.45) is 0 Å². The average molecular weight is 218 g/mol. The number of carbonyl (C=O) groups is 1. The number of rotatable bonds is 10. The summed E-state index contributed by atoms with van der Waals surface area (Å²) in [5.41, 5.74) is 0. The van der Waals surface area contributed by atoms with Gasteiger partial charge in [-0.05, 0) is 19.4 Å². The second kappa shape index (κ2) is 11.4. The molecule has 5 heteroatoms. The predicted octanol–water partition coefficient (Wildman–Crippen LogP) is -0.235. The molecule has 0 atom stereocenters. The second-order valence-electron chi connectivity index (χ2n) is 3.22. The van der Waals surface area contributed by atoms with Gasteiger partial charge < -0.3 is 20.1 Å². The summed E-state index contributed by atoms with van der Waals surface area (Å²) in [5.74, 6) is 0.0310. The fourth-order valence-electron chi connectivity index (χ4n) is 1.05. The van der Waals surface area contributed by atoms with Gasteiger partial charge in [0.15, 0.2) is 0 Å². The molecule has 0 bridgehead atoms. The molecular weight excluding hydrogens is 196 g/mol. The molecular formula is C10H22N2O3. The van der Waals surface area contributed by atoms with Crippen LogP contribution >= 0.6 is 0 Å². The third-order valence-electron chi connectivity index (χ3n) is 1.83. The van der Waals surface area contributed by atoms with Crippen LogP contribution in [-0.4, -0.2) is 53.0 Å². The first-order valence-electron chi connectivity index (χ1n) is 5.26. The average Bonchev–Trinajstić information content (AvgIpc) is 2.24. The van der Waals surface area contributed by atoms with Crippen LogP contribution in [0, 0.1) is 0 Å². The van der Waals surface area contributed by atoms with E-state index in [1.165, 1.54) is 0 Å². The number of hydrogen-bond donors (Lipinski definition) is 2. The lowest BCUT2D eigenvalue weighted by Crippen LogP contribution is -2.35. The minimum Gasteiger partial charge on any atom is -0.385 e. The number of methoxy groups -OCH3 is 2. The molecule has 90 valence electrons. The van der Waals surface area contributed by atoms with Crippen molar-refractivity contribution in [2.45, 2.75) is 12.8 Å². The van der Waals surface area contributed by atoms with E-state index in [2.05, 4.69) is 10.6 Å². The topological polar surface area (TPSA) is 59.6 Å². The van der Waals surface area contributed by atoms with Crippen molar-refractivity contribution in [3.05, 3.63) is 0 Å². The summed E-state index contributed by atoms with van der Waals surface area (Å²) in [5, 5.41) is 5.83. The van der Waals surface area contributed by atoms with Gasteiger partial charge in [0, 0.05) is 34.0 Å². The Morgan fingerprint density at radius 1 is 1.07 bits per heavy atom. The Morgan fingerprint density at radius 2 is 1.67 bits per heavy atom. The molecule has 0 aliphatic rings. The fraction of sp³-hybridized carbons (Fsp3) is 0.900. The number of hydrogen-bond acceptors (Lipinski definition) is 4. The fourth-order valence-corrected chi connectivity index (χ4v) is 1.05. The predicted molar refractivity (Wildman–Crippen MR) is 58.9 cm³/mol. The third kappa shape index (κ3) is 11.3. The lowest BCUT2D eigenvalue weighted by molar-refractivity contribution is -0.120. The van der Waals surface area contributed by atoms with Crippen molar-refractivity contribution in [3.8, 4) is 0 Å². The lowest BCUT2D eigenvalue weighted by Gasteiger charge is -2.06. The highest BCUT2D eigenvalue weighted by Crippen LogP contribution is 1.78. The molecule has 0 fully saturated rings. The van der Waals surface area contributed by atoms with E-state index in [1.807, 2.05) is 0 Å². The largest absolute Gasteiger partial charge is 0.385 e. The molecule has 5 nitrogen and oxygen atoms in total. The monoisotopic (exact) mass is 218 g/mol. The summed E-state index contributed by atoms with van der Waals surface area (Å²) in [6, 6.07) is 0. The zero-order valence-electron chi connectivity index (χ0n) is 9.67. The van der Waals surface area contributed by atoms with Gasteiger partial charge in [-0.2, -0.15) is 0 Å². The highest BCUT2D eigenvalue weighted by molar-refractivity contribution is 5.77. The molecule has 2 N–H and O–H groups in total.